The van der Waals surface area contributed by atoms with Crippen LogP contribution in [0.2, 0.25) is 5.02 Å². The first-order valence-corrected chi connectivity index (χ1v) is 10.7. The molecule has 0 radical (unpaired) electrons. The summed E-state index contributed by atoms with van der Waals surface area (Å²) in [6.07, 6.45) is 4.04. The summed E-state index contributed by atoms with van der Waals surface area (Å²) in [5.41, 5.74) is 3.43. The number of anilines is 1. The van der Waals surface area contributed by atoms with E-state index < -0.39 is 0 Å². The van der Waals surface area contributed by atoms with Crippen LogP contribution in [0.1, 0.15) is 24.0 Å². The van der Waals surface area contributed by atoms with E-state index >= 15 is 0 Å². The number of ether oxygens (including phenoxy) is 2. The number of carbonyl (C=O) groups is 1. The molecule has 0 aromatic heterocycles. The molecule has 0 atom stereocenters. The lowest BCUT2D eigenvalue weighted by molar-refractivity contribution is -0.929. The molecule has 4 rings (SSSR count). The number of hydrogen-bond acceptors (Lipinski definition) is 3. The summed E-state index contributed by atoms with van der Waals surface area (Å²) in [5, 5.41) is 3.59. The molecular formula is C24H28ClN2O3+. The summed E-state index contributed by atoms with van der Waals surface area (Å²) in [7, 11) is 4.57. The van der Waals surface area contributed by atoms with Gasteiger partial charge in [0, 0.05) is 34.7 Å². The fourth-order valence-corrected chi connectivity index (χ4v) is 4.35. The van der Waals surface area contributed by atoms with E-state index in [1.54, 1.807) is 12.1 Å². The molecule has 6 heteroatoms. The van der Waals surface area contributed by atoms with Crippen molar-refractivity contribution in [1.82, 2.24) is 0 Å². The number of nitrogens with zero attached hydrogens (tertiary/aromatic N) is 1. The van der Waals surface area contributed by atoms with Crippen molar-refractivity contribution >= 4 is 29.3 Å². The fraction of sp³-hybridized carbons (Fsp3) is 0.375. The summed E-state index contributed by atoms with van der Waals surface area (Å²) in [4.78, 5) is 12.7. The number of rotatable bonds is 5. The molecule has 2 aromatic carbocycles. The zero-order valence-electron chi connectivity index (χ0n) is 17.5. The Labute approximate surface area is 182 Å². The van der Waals surface area contributed by atoms with Crippen molar-refractivity contribution < 1.29 is 18.8 Å². The molecule has 1 amide bonds. The third-order valence-corrected chi connectivity index (χ3v) is 6.19. The molecular weight excluding hydrogens is 400 g/mol. The Morgan fingerprint density at radius 1 is 1.13 bits per heavy atom. The number of halogens is 1. The standard InChI is InChI=1S/C24H27ClN2O3/c1-27(2,22-9-11-29-12-10-22)15-17-3-6-21(7-4-17)26-24(28)19-13-18-14-20(25)5-8-23(18)30-16-19/h3-8,13-14,22H,9-12,15-16H2,1-2H3/p+1. The van der Waals surface area contributed by atoms with E-state index in [1.807, 2.05) is 24.3 Å². The SMILES string of the molecule is C[N+](C)(Cc1ccc(NC(=O)C2=Cc3cc(Cl)ccc3OC2)cc1)C1CCOCC1. The van der Waals surface area contributed by atoms with Gasteiger partial charge in [-0.2, -0.15) is 0 Å². The van der Waals surface area contributed by atoms with Gasteiger partial charge < -0.3 is 19.3 Å². The lowest BCUT2D eigenvalue weighted by atomic mass is 10.0. The van der Waals surface area contributed by atoms with Crippen LogP contribution in [0.4, 0.5) is 5.69 Å². The number of hydrogen-bond donors (Lipinski definition) is 1. The van der Waals surface area contributed by atoms with Crippen LogP contribution in [0.15, 0.2) is 48.0 Å². The highest BCUT2D eigenvalue weighted by molar-refractivity contribution is 6.30. The van der Waals surface area contributed by atoms with Crippen LogP contribution in [-0.2, 0) is 16.1 Å². The minimum absolute atomic E-state index is 0.160. The lowest BCUT2D eigenvalue weighted by Crippen LogP contribution is -2.50. The molecule has 0 aliphatic carbocycles. The third-order valence-electron chi connectivity index (χ3n) is 5.96. The van der Waals surface area contributed by atoms with Gasteiger partial charge in [-0.1, -0.05) is 23.7 Å². The molecule has 2 aliphatic rings. The summed E-state index contributed by atoms with van der Waals surface area (Å²) in [6, 6.07) is 14.1. The Bertz CT molecular complexity index is 947. The van der Waals surface area contributed by atoms with Crippen molar-refractivity contribution in [2.24, 2.45) is 0 Å². The first-order chi connectivity index (χ1) is 14.4. The van der Waals surface area contributed by atoms with Crippen molar-refractivity contribution in [3.63, 3.8) is 0 Å². The van der Waals surface area contributed by atoms with Crippen LogP contribution in [0.5, 0.6) is 5.75 Å². The van der Waals surface area contributed by atoms with Gasteiger partial charge in [0.25, 0.3) is 5.91 Å². The van der Waals surface area contributed by atoms with Crippen LogP contribution in [-0.4, -0.2) is 50.3 Å². The third kappa shape index (κ3) is 4.86. The smallest absolute Gasteiger partial charge is 0.255 e. The Morgan fingerprint density at radius 3 is 2.60 bits per heavy atom. The molecule has 1 saturated heterocycles. The van der Waals surface area contributed by atoms with Crippen LogP contribution in [0.3, 0.4) is 0 Å². The molecule has 0 saturated carbocycles. The van der Waals surface area contributed by atoms with Crippen molar-refractivity contribution in [2.45, 2.75) is 25.4 Å². The number of fused-ring (bicyclic) bond motifs is 1. The van der Waals surface area contributed by atoms with Crippen LogP contribution in [0.25, 0.3) is 6.08 Å². The summed E-state index contributed by atoms with van der Waals surface area (Å²) < 4.78 is 12.1. The van der Waals surface area contributed by atoms with Gasteiger partial charge in [-0.3, -0.25) is 4.79 Å². The maximum Gasteiger partial charge on any atom is 0.255 e. The molecule has 5 nitrogen and oxygen atoms in total. The highest BCUT2D eigenvalue weighted by Gasteiger charge is 2.30. The van der Waals surface area contributed by atoms with Crippen molar-refractivity contribution in [1.29, 1.82) is 0 Å². The number of carbonyl (C=O) groups excluding carboxylic acids is 1. The molecule has 2 aromatic rings. The number of nitrogens with one attached hydrogen (secondary N) is 1. The largest absolute Gasteiger partial charge is 0.488 e. The van der Waals surface area contributed by atoms with Crippen LogP contribution in [0, 0.1) is 0 Å². The predicted molar refractivity (Wildman–Crippen MR) is 120 cm³/mol. The van der Waals surface area contributed by atoms with Crippen molar-refractivity contribution in [3.05, 3.63) is 64.2 Å². The van der Waals surface area contributed by atoms with Crippen molar-refractivity contribution in [2.75, 3.05) is 39.2 Å². The van der Waals surface area contributed by atoms with E-state index in [9.17, 15) is 4.79 Å². The second kappa shape index (κ2) is 8.80. The summed E-state index contributed by atoms with van der Waals surface area (Å²) in [5.74, 6) is 0.581. The van der Waals surface area contributed by atoms with Gasteiger partial charge >= 0.3 is 0 Å². The summed E-state index contributed by atoms with van der Waals surface area (Å²) >= 11 is 6.05. The van der Waals surface area contributed by atoms with E-state index in [-0.39, 0.29) is 12.5 Å². The maximum atomic E-state index is 12.7. The van der Waals surface area contributed by atoms with Gasteiger partial charge in [-0.05, 0) is 36.4 Å². The zero-order valence-corrected chi connectivity index (χ0v) is 18.2. The topological polar surface area (TPSA) is 47.6 Å². The second-order valence-corrected chi connectivity index (χ2v) is 9.01. The molecule has 2 heterocycles. The lowest BCUT2D eigenvalue weighted by Gasteiger charge is -2.40. The maximum absolute atomic E-state index is 12.7. The normalized spacial score (nSPS) is 17.0. The van der Waals surface area contributed by atoms with E-state index in [1.165, 1.54) is 5.56 Å². The van der Waals surface area contributed by atoms with E-state index in [4.69, 9.17) is 21.1 Å². The van der Waals surface area contributed by atoms with Crippen molar-refractivity contribution in [3.8, 4) is 5.75 Å². The highest BCUT2D eigenvalue weighted by atomic mass is 35.5. The average molecular weight is 428 g/mol. The number of quaternary nitrogens is 1. The van der Waals surface area contributed by atoms with Gasteiger partial charge in [0.15, 0.2) is 0 Å². The van der Waals surface area contributed by atoms with E-state index in [0.717, 1.165) is 54.1 Å². The van der Waals surface area contributed by atoms with E-state index in [2.05, 4.69) is 31.5 Å². The Hall–Kier alpha value is -2.34. The monoisotopic (exact) mass is 427 g/mol. The summed E-state index contributed by atoms with van der Waals surface area (Å²) in [6.45, 7) is 2.91. The second-order valence-electron chi connectivity index (χ2n) is 8.57. The highest BCUT2D eigenvalue weighted by Crippen LogP contribution is 2.29. The van der Waals surface area contributed by atoms with Gasteiger partial charge in [0.2, 0.25) is 0 Å². The fourth-order valence-electron chi connectivity index (χ4n) is 4.17. The quantitative estimate of drug-likeness (QED) is 0.714. The van der Waals surface area contributed by atoms with Gasteiger partial charge in [0.05, 0.1) is 38.9 Å². The predicted octanol–water partition coefficient (Wildman–Crippen LogP) is 4.51. The molecule has 1 N–H and O–H groups in total. The first kappa shape index (κ1) is 20.9. The Kier molecular flexibility index (Phi) is 6.14. The Morgan fingerprint density at radius 2 is 1.87 bits per heavy atom. The Balaban J connectivity index is 1.39. The number of benzene rings is 2. The molecule has 0 unspecified atom stereocenters. The molecule has 158 valence electrons. The molecule has 2 aliphatic heterocycles. The van der Waals surface area contributed by atoms with Gasteiger partial charge in [-0.25, -0.2) is 0 Å². The van der Waals surface area contributed by atoms with Gasteiger partial charge in [0.1, 0.15) is 18.9 Å². The zero-order chi connectivity index (χ0) is 21.1. The average Bonchev–Trinajstić information content (AvgIpc) is 2.75. The van der Waals surface area contributed by atoms with Crippen LogP contribution < -0.4 is 10.1 Å². The number of amides is 1. The molecule has 30 heavy (non-hydrogen) atoms. The first-order valence-electron chi connectivity index (χ1n) is 10.3. The minimum Gasteiger partial charge on any atom is -0.488 e. The van der Waals surface area contributed by atoms with Gasteiger partial charge in [-0.15, -0.1) is 0 Å². The molecule has 1 fully saturated rings. The van der Waals surface area contributed by atoms with E-state index in [0.29, 0.717) is 16.6 Å². The molecule has 0 bridgehead atoms. The molecule has 0 spiro atoms. The minimum atomic E-state index is -0.160. The van der Waals surface area contributed by atoms with Crippen LogP contribution >= 0.6 is 11.6 Å².